The van der Waals surface area contributed by atoms with Crippen molar-refractivity contribution in [3.05, 3.63) is 10.0 Å². The van der Waals surface area contributed by atoms with Crippen molar-refractivity contribution in [2.75, 3.05) is 6.54 Å². The number of nitrogens with zero attached hydrogens (tertiary/aromatic N) is 2. The minimum atomic E-state index is 0.219. The maximum Gasteiger partial charge on any atom is 0.117 e. The molecule has 0 aromatic carbocycles. The maximum atomic E-state index is 4.09. The smallest absolute Gasteiger partial charge is 0.117 e. The summed E-state index contributed by atoms with van der Waals surface area (Å²) in [6.07, 6.45) is 2.17. The Bertz CT molecular complexity index is 275. The molecule has 0 unspecified atom stereocenters. The Labute approximate surface area is 89.9 Å². The van der Waals surface area contributed by atoms with Gasteiger partial charge < -0.3 is 5.32 Å². The van der Waals surface area contributed by atoms with E-state index in [1.54, 1.807) is 11.3 Å². The predicted molar refractivity (Wildman–Crippen MR) is 60.7 cm³/mol. The van der Waals surface area contributed by atoms with Gasteiger partial charge in [-0.2, -0.15) is 0 Å². The van der Waals surface area contributed by atoms with Gasteiger partial charge in [-0.3, -0.25) is 0 Å². The molecule has 0 spiro atoms. The van der Waals surface area contributed by atoms with E-state index in [-0.39, 0.29) is 5.54 Å². The van der Waals surface area contributed by atoms with Crippen LogP contribution in [0.5, 0.6) is 0 Å². The van der Waals surface area contributed by atoms with Crippen LogP contribution in [0.1, 0.15) is 37.2 Å². The second-order valence-corrected chi connectivity index (χ2v) is 5.76. The second kappa shape index (κ2) is 4.84. The molecule has 0 saturated heterocycles. The molecule has 1 aromatic rings. The van der Waals surface area contributed by atoms with E-state index in [0.29, 0.717) is 0 Å². The molecule has 1 heterocycles. The lowest BCUT2D eigenvalue weighted by molar-refractivity contribution is 0.422. The van der Waals surface area contributed by atoms with Gasteiger partial charge in [-0.05, 0) is 40.7 Å². The Morgan fingerprint density at radius 3 is 2.50 bits per heavy atom. The molecule has 80 valence electrons. The molecule has 0 radical (unpaired) electrons. The van der Waals surface area contributed by atoms with Gasteiger partial charge in [0.05, 0.1) is 0 Å². The maximum absolute atomic E-state index is 4.09. The van der Waals surface area contributed by atoms with Crippen molar-refractivity contribution >= 4 is 11.3 Å². The Morgan fingerprint density at radius 1 is 1.29 bits per heavy atom. The summed E-state index contributed by atoms with van der Waals surface area (Å²) in [5, 5.41) is 13.7. The zero-order valence-corrected chi connectivity index (χ0v) is 10.2. The van der Waals surface area contributed by atoms with Crippen molar-refractivity contribution in [1.29, 1.82) is 0 Å². The Kier molecular flexibility index (Phi) is 4.01. The fourth-order valence-electron chi connectivity index (χ4n) is 1.14. The summed E-state index contributed by atoms with van der Waals surface area (Å²) in [4.78, 5) is 0. The van der Waals surface area contributed by atoms with Crippen molar-refractivity contribution in [1.82, 2.24) is 15.5 Å². The molecule has 0 amide bonds. The lowest BCUT2D eigenvalue weighted by Gasteiger charge is -2.20. The first-order chi connectivity index (χ1) is 6.47. The highest BCUT2D eigenvalue weighted by Crippen LogP contribution is 2.09. The van der Waals surface area contributed by atoms with Crippen LogP contribution >= 0.6 is 11.3 Å². The zero-order chi connectivity index (χ0) is 10.6. The molecule has 0 atom stereocenters. The molecule has 0 saturated carbocycles. The van der Waals surface area contributed by atoms with Crippen LogP contribution in [-0.4, -0.2) is 22.3 Å². The van der Waals surface area contributed by atoms with Gasteiger partial charge in [0.2, 0.25) is 0 Å². The monoisotopic (exact) mass is 213 g/mol. The minimum absolute atomic E-state index is 0.219. The molecule has 4 heteroatoms. The highest BCUT2D eigenvalue weighted by Gasteiger charge is 2.07. The second-order valence-electron chi connectivity index (χ2n) is 4.50. The molecule has 3 nitrogen and oxygen atoms in total. The quantitative estimate of drug-likeness (QED) is 0.779. The number of rotatable bonds is 4. The van der Waals surface area contributed by atoms with E-state index in [1.807, 2.05) is 6.92 Å². The summed E-state index contributed by atoms with van der Waals surface area (Å²) in [5.74, 6) is 0. The first-order valence-electron chi connectivity index (χ1n) is 5.01. The van der Waals surface area contributed by atoms with Crippen LogP contribution in [0, 0.1) is 6.92 Å². The summed E-state index contributed by atoms with van der Waals surface area (Å²) in [7, 11) is 0. The largest absolute Gasteiger partial charge is 0.312 e. The van der Waals surface area contributed by atoms with Crippen LogP contribution in [0.4, 0.5) is 0 Å². The number of aromatic nitrogens is 2. The molecule has 1 rings (SSSR count). The van der Waals surface area contributed by atoms with Crippen LogP contribution < -0.4 is 5.32 Å². The molecular weight excluding hydrogens is 194 g/mol. The summed E-state index contributed by atoms with van der Waals surface area (Å²) in [6.45, 7) is 9.59. The molecule has 1 aromatic heterocycles. The van der Waals surface area contributed by atoms with E-state index in [4.69, 9.17) is 0 Å². The third-order valence-corrected chi connectivity index (χ3v) is 2.69. The lowest BCUT2D eigenvalue weighted by Crippen LogP contribution is -2.36. The van der Waals surface area contributed by atoms with Crippen molar-refractivity contribution in [2.45, 2.75) is 46.1 Å². The predicted octanol–water partition coefficient (Wildman–Crippen LogP) is 2.17. The topological polar surface area (TPSA) is 37.8 Å². The van der Waals surface area contributed by atoms with E-state index < -0.39 is 0 Å². The molecule has 0 bridgehead atoms. The van der Waals surface area contributed by atoms with Gasteiger partial charge in [0, 0.05) is 12.0 Å². The van der Waals surface area contributed by atoms with Crippen molar-refractivity contribution < 1.29 is 0 Å². The van der Waals surface area contributed by atoms with Gasteiger partial charge in [-0.1, -0.05) is 0 Å². The summed E-state index contributed by atoms with van der Waals surface area (Å²) < 4.78 is 0. The van der Waals surface area contributed by atoms with Gasteiger partial charge in [0.25, 0.3) is 0 Å². The molecule has 14 heavy (non-hydrogen) atoms. The first-order valence-corrected chi connectivity index (χ1v) is 5.83. The highest BCUT2D eigenvalue weighted by atomic mass is 32.1. The molecule has 0 aliphatic heterocycles. The van der Waals surface area contributed by atoms with Crippen LogP contribution in [0.15, 0.2) is 0 Å². The van der Waals surface area contributed by atoms with E-state index >= 15 is 0 Å². The zero-order valence-electron chi connectivity index (χ0n) is 9.42. The van der Waals surface area contributed by atoms with Crippen molar-refractivity contribution in [3.63, 3.8) is 0 Å². The van der Waals surface area contributed by atoms with E-state index in [9.17, 15) is 0 Å². The van der Waals surface area contributed by atoms with Gasteiger partial charge in [0.1, 0.15) is 10.0 Å². The van der Waals surface area contributed by atoms with Gasteiger partial charge >= 0.3 is 0 Å². The van der Waals surface area contributed by atoms with E-state index in [0.717, 1.165) is 29.4 Å². The molecular formula is C10H19N3S. The standard InChI is InChI=1S/C10H19N3S/c1-8-12-13-9(14-8)6-5-7-11-10(2,3)4/h11H,5-7H2,1-4H3. The Balaban J connectivity index is 2.16. The summed E-state index contributed by atoms with van der Waals surface area (Å²) in [6, 6.07) is 0. The van der Waals surface area contributed by atoms with Crippen LogP contribution in [0.3, 0.4) is 0 Å². The van der Waals surface area contributed by atoms with Gasteiger partial charge in [-0.15, -0.1) is 21.5 Å². The van der Waals surface area contributed by atoms with Gasteiger partial charge in [0.15, 0.2) is 0 Å². The van der Waals surface area contributed by atoms with Crippen molar-refractivity contribution in [3.8, 4) is 0 Å². The summed E-state index contributed by atoms with van der Waals surface area (Å²) in [5.41, 5.74) is 0.219. The SMILES string of the molecule is Cc1nnc(CCCNC(C)(C)C)s1. The molecule has 1 N–H and O–H groups in total. The van der Waals surface area contributed by atoms with E-state index in [2.05, 4.69) is 36.3 Å². The fraction of sp³-hybridized carbons (Fsp3) is 0.800. The third kappa shape index (κ3) is 4.67. The number of nitrogens with one attached hydrogen (secondary N) is 1. The van der Waals surface area contributed by atoms with Crippen molar-refractivity contribution in [2.24, 2.45) is 0 Å². The Morgan fingerprint density at radius 2 is 2.00 bits per heavy atom. The molecule has 0 fully saturated rings. The minimum Gasteiger partial charge on any atom is -0.312 e. The molecule has 0 aliphatic rings. The van der Waals surface area contributed by atoms with Gasteiger partial charge in [-0.25, -0.2) is 0 Å². The fourth-order valence-corrected chi connectivity index (χ4v) is 1.89. The Hall–Kier alpha value is -0.480. The normalized spacial score (nSPS) is 12.0. The number of aryl methyl sites for hydroxylation is 2. The van der Waals surface area contributed by atoms with E-state index in [1.165, 1.54) is 0 Å². The van der Waals surface area contributed by atoms with Crippen LogP contribution in [0.25, 0.3) is 0 Å². The summed E-state index contributed by atoms with van der Waals surface area (Å²) >= 11 is 1.70. The first kappa shape index (κ1) is 11.6. The third-order valence-electron chi connectivity index (χ3n) is 1.79. The average Bonchev–Trinajstić information content (AvgIpc) is 2.44. The van der Waals surface area contributed by atoms with Crippen LogP contribution in [0.2, 0.25) is 0 Å². The highest BCUT2D eigenvalue weighted by molar-refractivity contribution is 7.11. The molecule has 0 aliphatic carbocycles. The lowest BCUT2D eigenvalue weighted by atomic mass is 10.1. The average molecular weight is 213 g/mol. The number of hydrogen-bond donors (Lipinski definition) is 1. The number of hydrogen-bond acceptors (Lipinski definition) is 4. The van der Waals surface area contributed by atoms with Crippen LogP contribution in [-0.2, 0) is 6.42 Å².